The van der Waals surface area contributed by atoms with E-state index in [4.69, 9.17) is 9.88 Å². The molecule has 0 radical (unpaired) electrons. The number of hydrogen-bond donors (Lipinski definition) is 2. The molecule has 7 nitrogen and oxygen atoms in total. The average Bonchev–Trinajstić information content (AvgIpc) is 3.25. The zero-order chi connectivity index (χ0) is 22.3. The normalized spacial score (nSPS) is 11.5. The Bertz CT molecular complexity index is 1100. The molecular formula is C22H25N3O4S2. The van der Waals surface area contributed by atoms with E-state index in [0.717, 1.165) is 17.9 Å². The van der Waals surface area contributed by atoms with Gasteiger partial charge in [-0.05, 0) is 41.8 Å². The molecule has 0 saturated carbocycles. The van der Waals surface area contributed by atoms with Gasteiger partial charge in [0, 0.05) is 42.2 Å². The molecule has 1 amide bonds. The molecule has 1 heterocycles. The van der Waals surface area contributed by atoms with Crippen LogP contribution in [-0.2, 0) is 27.9 Å². The number of sulfonamides is 1. The maximum atomic E-state index is 12.5. The largest absolute Gasteiger partial charge is 0.496 e. The third-order valence-electron chi connectivity index (χ3n) is 4.67. The zero-order valence-corrected chi connectivity index (χ0v) is 18.8. The molecule has 9 heteroatoms. The molecule has 0 aliphatic rings. The van der Waals surface area contributed by atoms with Crippen LogP contribution in [0.3, 0.4) is 0 Å². The van der Waals surface area contributed by atoms with E-state index in [9.17, 15) is 13.2 Å². The Hall–Kier alpha value is -2.72. The SMILES string of the molecule is COc1ccccc1CN(CCC(=O)Nc1ccc(S(N)(=O)=O)cc1)Cc1cccs1. The van der Waals surface area contributed by atoms with E-state index in [1.165, 1.54) is 29.1 Å². The summed E-state index contributed by atoms with van der Waals surface area (Å²) in [6, 6.07) is 17.7. The molecule has 1 aromatic heterocycles. The number of anilines is 1. The molecular weight excluding hydrogens is 434 g/mol. The Balaban J connectivity index is 1.63. The Kier molecular flexibility index (Phi) is 7.80. The van der Waals surface area contributed by atoms with Gasteiger partial charge in [-0.2, -0.15) is 0 Å². The first-order valence-electron chi connectivity index (χ1n) is 9.64. The number of amides is 1. The Morgan fingerprint density at radius 3 is 2.45 bits per heavy atom. The molecule has 0 aliphatic heterocycles. The fraction of sp³-hybridized carbons (Fsp3) is 0.227. The number of primary sulfonamides is 1. The number of benzene rings is 2. The van der Waals surface area contributed by atoms with E-state index in [2.05, 4.69) is 16.3 Å². The third-order valence-corrected chi connectivity index (χ3v) is 6.46. The van der Waals surface area contributed by atoms with Crippen molar-refractivity contribution in [2.24, 2.45) is 5.14 Å². The van der Waals surface area contributed by atoms with Crippen molar-refractivity contribution in [1.82, 2.24) is 4.90 Å². The van der Waals surface area contributed by atoms with Gasteiger partial charge in [0.25, 0.3) is 0 Å². The summed E-state index contributed by atoms with van der Waals surface area (Å²) in [4.78, 5) is 15.9. The van der Waals surface area contributed by atoms with Crippen molar-refractivity contribution in [2.45, 2.75) is 24.4 Å². The van der Waals surface area contributed by atoms with Crippen LogP contribution in [0.15, 0.2) is 70.9 Å². The second-order valence-electron chi connectivity index (χ2n) is 6.97. The Morgan fingerprint density at radius 1 is 1.06 bits per heavy atom. The molecule has 31 heavy (non-hydrogen) atoms. The van der Waals surface area contributed by atoms with Crippen molar-refractivity contribution in [3.63, 3.8) is 0 Å². The number of methoxy groups -OCH3 is 1. The molecule has 0 bridgehead atoms. The van der Waals surface area contributed by atoms with Gasteiger partial charge < -0.3 is 10.1 Å². The number of hydrogen-bond acceptors (Lipinski definition) is 6. The molecule has 3 aromatic rings. The summed E-state index contributed by atoms with van der Waals surface area (Å²) in [5.41, 5.74) is 1.58. The van der Waals surface area contributed by atoms with Crippen molar-refractivity contribution in [2.75, 3.05) is 19.0 Å². The van der Waals surface area contributed by atoms with Gasteiger partial charge in [0.15, 0.2) is 0 Å². The number of nitrogens with zero attached hydrogens (tertiary/aromatic N) is 1. The lowest BCUT2D eigenvalue weighted by molar-refractivity contribution is -0.116. The van der Waals surface area contributed by atoms with Crippen LogP contribution in [0, 0.1) is 0 Å². The minimum absolute atomic E-state index is 0.00410. The molecule has 2 aromatic carbocycles. The van der Waals surface area contributed by atoms with Gasteiger partial charge in [0.05, 0.1) is 12.0 Å². The summed E-state index contributed by atoms with van der Waals surface area (Å²) in [5, 5.41) is 9.93. The summed E-state index contributed by atoms with van der Waals surface area (Å²) < 4.78 is 28.2. The van der Waals surface area contributed by atoms with Gasteiger partial charge in [-0.1, -0.05) is 24.3 Å². The maximum Gasteiger partial charge on any atom is 0.238 e. The van der Waals surface area contributed by atoms with Crippen LogP contribution in [0.5, 0.6) is 5.75 Å². The second kappa shape index (κ2) is 10.5. The van der Waals surface area contributed by atoms with Crippen LogP contribution < -0.4 is 15.2 Å². The lowest BCUT2D eigenvalue weighted by Crippen LogP contribution is -2.27. The highest BCUT2D eigenvalue weighted by atomic mass is 32.2. The molecule has 164 valence electrons. The first-order valence-corrected chi connectivity index (χ1v) is 12.1. The van der Waals surface area contributed by atoms with E-state index in [1.54, 1.807) is 18.4 Å². The van der Waals surface area contributed by atoms with Gasteiger partial charge in [-0.25, -0.2) is 13.6 Å². The smallest absolute Gasteiger partial charge is 0.238 e. The van der Waals surface area contributed by atoms with Gasteiger partial charge in [-0.3, -0.25) is 9.69 Å². The highest BCUT2D eigenvalue weighted by molar-refractivity contribution is 7.89. The standard InChI is InChI=1S/C22H25N3O4S2/c1-29-21-7-3-2-5-17(21)15-25(16-19-6-4-14-30-19)13-12-22(26)24-18-8-10-20(11-9-18)31(23,27)28/h2-11,14H,12-13,15-16H2,1H3,(H,24,26)(H2,23,27,28). The number of rotatable bonds is 10. The molecule has 0 atom stereocenters. The van der Waals surface area contributed by atoms with E-state index in [-0.39, 0.29) is 17.2 Å². The number of carbonyl (C=O) groups is 1. The molecule has 3 rings (SSSR count). The van der Waals surface area contributed by atoms with Crippen molar-refractivity contribution >= 4 is 33.0 Å². The van der Waals surface area contributed by atoms with E-state index in [0.29, 0.717) is 18.8 Å². The number of thiophene rings is 1. The summed E-state index contributed by atoms with van der Waals surface area (Å²) in [6.45, 7) is 1.93. The van der Waals surface area contributed by atoms with Gasteiger partial charge in [0.1, 0.15) is 5.75 Å². The fourth-order valence-electron chi connectivity index (χ4n) is 3.12. The monoisotopic (exact) mass is 459 g/mol. The zero-order valence-electron chi connectivity index (χ0n) is 17.2. The predicted octanol–water partition coefficient (Wildman–Crippen LogP) is 3.44. The van der Waals surface area contributed by atoms with Crippen LogP contribution in [-0.4, -0.2) is 32.9 Å². The topological polar surface area (TPSA) is 102 Å². The Labute approximate surface area is 186 Å². The number of carbonyl (C=O) groups excluding carboxylic acids is 1. The van der Waals surface area contributed by atoms with Gasteiger partial charge in [0.2, 0.25) is 15.9 Å². The average molecular weight is 460 g/mol. The molecule has 0 saturated heterocycles. The van der Waals surface area contributed by atoms with Crippen molar-refractivity contribution in [3.05, 3.63) is 76.5 Å². The number of nitrogens with two attached hydrogens (primary N) is 1. The van der Waals surface area contributed by atoms with E-state index in [1.807, 2.05) is 35.7 Å². The van der Waals surface area contributed by atoms with Crippen LogP contribution in [0.4, 0.5) is 5.69 Å². The van der Waals surface area contributed by atoms with Crippen LogP contribution in [0.1, 0.15) is 16.9 Å². The molecule has 3 N–H and O–H groups in total. The van der Waals surface area contributed by atoms with Gasteiger partial charge in [-0.15, -0.1) is 11.3 Å². The van der Waals surface area contributed by atoms with Crippen LogP contribution >= 0.6 is 11.3 Å². The summed E-state index contributed by atoms with van der Waals surface area (Å²) >= 11 is 1.68. The third kappa shape index (κ3) is 6.90. The minimum Gasteiger partial charge on any atom is -0.496 e. The minimum atomic E-state index is -3.76. The van der Waals surface area contributed by atoms with Crippen molar-refractivity contribution < 1.29 is 17.9 Å². The fourth-order valence-corrected chi connectivity index (χ4v) is 4.38. The highest BCUT2D eigenvalue weighted by Gasteiger charge is 2.14. The number of nitrogens with one attached hydrogen (secondary N) is 1. The van der Waals surface area contributed by atoms with Crippen molar-refractivity contribution in [3.8, 4) is 5.75 Å². The molecule has 0 spiro atoms. The summed E-state index contributed by atoms with van der Waals surface area (Å²) in [7, 11) is -2.11. The quantitative estimate of drug-likeness (QED) is 0.484. The molecule has 0 unspecified atom stereocenters. The van der Waals surface area contributed by atoms with Crippen LogP contribution in [0.2, 0.25) is 0 Å². The first kappa shape index (κ1) is 23.0. The van der Waals surface area contributed by atoms with Crippen LogP contribution in [0.25, 0.3) is 0 Å². The Morgan fingerprint density at radius 2 is 1.81 bits per heavy atom. The second-order valence-corrected chi connectivity index (χ2v) is 9.56. The highest BCUT2D eigenvalue weighted by Crippen LogP contribution is 2.22. The van der Waals surface area contributed by atoms with Gasteiger partial charge >= 0.3 is 0 Å². The lowest BCUT2D eigenvalue weighted by Gasteiger charge is -2.22. The predicted molar refractivity (Wildman–Crippen MR) is 122 cm³/mol. The first-order chi connectivity index (χ1) is 14.8. The summed E-state index contributed by atoms with van der Waals surface area (Å²) in [6.07, 6.45) is 0.289. The van der Waals surface area contributed by atoms with E-state index >= 15 is 0 Å². The van der Waals surface area contributed by atoms with E-state index < -0.39 is 10.0 Å². The number of ether oxygens (including phenoxy) is 1. The molecule has 0 aliphatic carbocycles. The van der Waals surface area contributed by atoms with Crippen molar-refractivity contribution in [1.29, 1.82) is 0 Å². The summed E-state index contributed by atoms with van der Waals surface area (Å²) in [5.74, 6) is 0.664. The number of para-hydroxylation sites is 1. The lowest BCUT2D eigenvalue weighted by atomic mass is 10.1. The maximum absolute atomic E-state index is 12.5. The molecule has 0 fully saturated rings.